The van der Waals surface area contributed by atoms with E-state index in [0.717, 1.165) is 0 Å². The second-order valence-corrected chi connectivity index (χ2v) is 4.97. The zero-order chi connectivity index (χ0) is 15.4. The summed E-state index contributed by atoms with van der Waals surface area (Å²) in [7, 11) is 1.24. The van der Waals surface area contributed by atoms with Crippen LogP contribution in [0.5, 0.6) is 0 Å². The zero-order valence-corrected chi connectivity index (χ0v) is 12.2. The van der Waals surface area contributed by atoms with Crippen molar-refractivity contribution in [2.75, 3.05) is 20.2 Å². The summed E-state index contributed by atoms with van der Waals surface area (Å²) in [5.74, 6) is -1.29. The number of nitrogens with zero attached hydrogens (tertiary/aromatic N) is 1. The third-order valence-electron chi connectivity index (χ3n) is 3.28. The highest BCUT2D eigenvalue weighted by molar-refractivity contribution is 6.33. The van der Waals surface area contributed by atoms with Gasteiger partial charge in [-0.1, -0.05) is 23.7 Å². The number of carbonyl (C=O) groups excluding carboxylic acids is 3. The number of hydrogen-bond acceptors (Lipinski definition) is 4. The van der Waals surface area contributed by atoms with Crippen molar-refractivity contribution in [3.8, 4) is 0 Å². The first kappa shape index (κ1) is 15.3. The number of rotatable bonds is 3. The van der Waals surface area contributed by atoms with Crippen molar-refractivity contribution in [2.45, 2.75) is 12.5 Å². The Bertz CT molecular complexity index is 576. The lowest BCUT2D eigenvalue weighted by atomic mass is 10.1. The summed E-state index contributed by atoms with van der Waals surface area (Å²) in [6.45, 7) is 0.657. The van der Waals surface area contributed by atoms with Crippen LogP contribution >= 0.6 is 11.6 Å². The van der Waals surface area contributed by atoms with Crippen molar-refractivity contribution in [3.05, 3.63) is 34.9 Å². The summed E-state index contributed by atoms with van der Waals surface area (Å²) in [5, 5.41) is 2.95. The van der Waals surface area contributed by atoms with Gasteiger partial charge in [-0.15, -0.1) is 0 Å². The number of carbonyl (C=O) groups is 3. The molecule has 1 aromatic carbocycles. The van der Waals surface area contributed by atoms with E-state index in [2.05, 4.69) is 10.1 Å². The topological polar surface area (TPSA) is 75.7 Å². The van der Waals surface area contributed by atoms with Crippen LogP contribution in [0.1, 0.15) is 16.8 Å². The third kappa shape index (κ3) is 3.33. The van der Waals surface area contributed by atoms with Crippen molar-refractivity contribution in [2.24, 2.45) is 0 Å². The fourth-order valence-electron chi connectivity index (χ4n) is 2.19. The summed E-state index contributed by atoms with van der Waals surface area (Å²) in [4.78, 5) is 37.3. The Labute approximate surface area is 127 Å². The van der Waals surface area contributed by atoms with Gasteiger partial charge in [0.15, 0.2) is 0 Å². The molecule has 2 rings (SSSR count). The van der Waals surface area contributed by atoms with Crippen molar-refractivity contribution in [1.82, 2.24) is 10.2 Å². The molecule has 0 aliphatic carbocycles. The van der Waals surface area contributed by atoms with Crippen LogP contribution in [0.3, 0.4) is 0 Å². The van der Waals surface area contributed by atoms with Crippen molar-refractivity contribution < 1.29 is 19.1 Å². The summed E-state index contributed by atoms with van der Waals surface area (Å²) in [5.41, 5.74) is 0.309. The third-order valence-corrected chi connectivity index (χ3v) is 3.61. The molecule has 0 radical (unpaired) electrons. The highest BCUT2D eigenvalue weighted by Crippen LogP contribution is 2.20. The molecular weight excluding hydrogens is 296 g/mol. The molecule has 1 aliphatic rings. The molecule has 2 amide bonds. The number of amides is 2. The predicted molar refractivity (Wildman–Crippen MR) is 75.9 cm³/mol. The van der Waals surface area contributed by atoms with Crippen LogP contribution in [0.4, 0.5) is 0 Å². The molecule has 21 heavy (non-hydrogen) atoms. The van der Waals surface area contributed by atoms with Gasteiger partial charge in [0.05, 0.1) is 24.1 Å². The molecular formula is C14H15ClN2O4. The zero-order valence-electron chi connectivity index (χ0n) is 11.5. The molecule has 0 saturated carbocycles. The van der Waals surface area contributed by atoms with E-state index in [1.807, 2.05) is 0 Å². The second-order valence-electron chi connectivity index (χ2n) is 4.57. The van der Waals surface area contributed by atoms with Gasteiger partial charge in [-0.05, 0) is 12.1 Å². The van der Waals surface area contributed by atoms with E-state index in [1.165, 1.54) is 12.0 Å². The number of esters is 1. The smallest absolute Gasteiger partial charge is 0.308 e. The molecule has 1 N–H and O–H groups in total. The molecule has 0 aromatic heterocycles. The molecule has 1 heterocycles. The number of piperazine rings is 1. The predicted octanol–water partition coefficient (Wildman–Crippen LogP) is 0.844. The van der Waals surface area contributed by atoms with Crippen LogP contribution in [0.25, 0.3) is 0 Å². The van der Waals surface area contributed by atoms with E-state index in [9.17, 15) is 14.4 Å². The molecule has 1 fully saturated rings. The minimum Gasteiger partial charge on any atom is -0.469 e. The maximum Gasteiger partial charge on any atom is 0.308 e. The Kier molecular flexibility index (Phi) is 4.80. The van der Waals surface area contributed by atoms with Gasteiger partial charge < -0.3 is 15.0 Å². The molecule has 0 spiro atoms. The standard InChI is InChI=1S/C14H15ClN2O4/c1-21-12(18)8-11-13(19)16-6-7-17(11)14(20)9-4-2-3-5-10(9)15/h2-5,11H,6-8H2,1H3,(H,16,19)/t11-/m0/s1. The Morgan fingerprint density at radius 2 is 2.14 bits per heavy atom. The van der Waals surface area contributed by atoms with Crippen molar-refractivity contribution in [1.29, 1.82) is 0 Å². The first-order valence-electron chi connectivity index (χ1n) is 6.44. The fraction of sp³-hybridized carbons (Fsp3) is 0.357. The van der Waals surface area contributed by atoms with Crippen LogP contribution in [-0.4, -0.2) is 48.9 Å². The Balaban J connectivity index is 2.26. The van der Waals surface area contributed by atoms with Crippen molar-refractivity contribution >= 4 is 29.4 Å². The van der Waals surface area contributed by atoms with Gasteiger partial charge >= 0.3 is 5.97 Å². The largest absolute Gasteiger partial charge is 0.469 e. The lowest BCUT2D eigenvalue weighted by Gasteiger charge is -2.34. The van der Waals surface area contributed by atoms with E-state index in [0.29, 0.717) is 23.7 Å². The van der Waals surface area contributed by atoms with Gasteiger partial charge in [0, 0.05) is 13.1 Å². The van der Waals surface area contributed by atoms with Crippen LogP contribution in [0.15, 0.2) is 24.3 Å². The normalized spacial score (nSPS) is 18.1. The molecule has 0 bridgehead atoms. The number of benzene rings is 1. The first-order chi connectivity index (χ1) is 10.0. The van der Waals surface area contributed by atoms with Crippen LogP contribution in [0.2, 0.25) is 5.02 Å². The molecule has 1 atom stereocenters. The average molecular weight is 311 g/mol. The monoisotopic (exact) mass is 310 g/mol. The van der Waals surface area contributed by atoms with E-state index in [1.54, 1.807) is 24.3 Å². The molecule has 112 valence electrons. The molecule has 6 nitrogen and oxygen atoms in total. The quantitative estimate of drug-likeness (QED) is 0.840. The van der Waals surface area contributed by atoms with Crippen molar-refractivity contribution in [3.63, 3.8) is 0 Å². The SMILES string of the molecule is COC(=O)C[C@H]1C(=O)NCCN1C(=O)c1ccccc1Cl. The summed E-state index contributed by atoms with van der Waals surface area (Å²) in [6.07, 6.45) is -0.182. The van der Waals surface area contributed by atoms with E-state index in [4.69, 9.17) is 11.6 Å². The van der Waals surface area contributed by atoms with Gasteiger partial charge in [-0.3, -0.25) is 14.4 Å². The highest BCUT2D eigenvalue weighted by Gasteiger charge is 2.35. The minimum atomic E-state index is -0.880. The minimum absolute atomic E-state index is 0.182. The van der Waals surface area contributed by atoms with E-state index < -0.39 is 12.0 Å². The first-order valence-corrected chi connectivity index (χ1v) is 6.82. The van der Waals surface area contributed by atoms with Crippen LogP contribution in [-0.2, 0) is 14.3 Å². The Morgan fingerprint density at radius 1 is 1.43 bits per heavy atom. The molecule has 7 heteroatoms. The number of hydrogen-bond donors (Lipinski definition) is 1. The van der Waals surface area contributed by atoms with E-state index in [-0.39, 0.29) is 18.2 Å². The molecule has 1 saturated heterocycles. The van der Waals surface area contributed by atoms with Gasteiger partial charge in [-0.25, -0.2) is 0 Å². The molecule has 1 aromatic rings. The molecule has 0 unspecified atom stereocenters. The van der Waals surface area contributed by atoms with Gasteiger partial charge in [0.25, 0.3) is 5.91 Å². The summed E-state index contributed by atoms with van der Waals surface area (Å²) >= 11 is 6.02. The highest BCUT2D eigenvalue weighted by atomic mass is 35.5. The number of methoxy groups -OCH3 is 1. The Morgan fingerprint density at radius 3 is 2.81 bits per heavy atom. The molecule has 1 aliphatic heterocycles. The second kappa shape index (κ2) is 6.58. The van der Waals surface area contributed by atoms with Crippen LogP contribution in [0, 0.1) is 0 Å². The van der Waals surface area contributed by atoms with Crippen LogP contribution < -0.4 is 5.32 Å². The number of halogens is 1. The van der Waals surface area contributed by atoms with Gasteiger partial charge in [0.2, 0.25) is 5.91 Å². The van der Waals surface area contributed by atoms with Gasteiger partial charge in [-0.2, -0.15) is 0 Å². The summed E-state index contributed by atoms with van der Waals surface area (Å²) < 4.78 is 4.58. The Hall–Kier alpha value is -2.08. The maximum absolute atomic E-state index is 12.6. The maximum atomic E-state index is 12.6. The number of nitrogens with one attached hydrogen (secondary N) is 1. The lowest BCUT2D eigenvalue weighted by molar-refractivity contribution is -0.145. The van der Waals surface area contributed by atoms with Gasteiger partial charge in [0.1, 0.15) is 6.04 Å². The lowest BCUT2D eigenvalue weighted by Crippen LogP contribution is -2.57. The average Bonchev–Trinajstić information content (AvgIpc) is 2.49. The summed E-state index contributed by atoms with van der Waals surface area (Å²) in [6, 6.07) is 5.72. The fourth-order valence-corrected chi connectivity index (χ4v) is 2.41. The number of ether oxygens (including phenoxy) is 1. The van der Waals surface area contributed by atoms with E-state index >= 15 is 0 Å².